The number of fused-ring (bicyclic) bond motifs is 1. The highest BCUT2D eigenvalue weighted by Gasteiger charge is 2.36. The largest absolute Gasteiger partial charge is 0.338 e. The summed E-state index contributed by atoms with van der Waals surface area (Å²) in [6, 6.07) is 13.6. The summed E-state index contributed by atoms with van der Waals surface area (Å²) in [5.41, 5.74) is 3.77. The Morgan fingerprint density at radius 1 is 0.969 bits per heavy atom. The van der Waals surface area contributed by atoms with Gasteiger partial charge in [-0.15, -0.1) is 0 Å². The van der Waals surface area contributed by atoms with Crippen LogP contribution >= 0.6 is 11.6 Å². The lowest BCUT2D eigenvalue weighted by molar-refractivity contribution is 0.0879. The third kappa shape index (κ3) is 4.49. The number of benzene rings is 2. The lowest BCUT2D eigenvalue weighted by Gasteiger charge is -2.39. The molecule has 2 heterocycles. The van der Waals surface area contributed by atoms with Gasteiger partial charge in [0.1, 0.15) is 5.82 Å². The van der Waals surface area contributed by atoms with Crippen LogP contribution < -0.4 is 5.32 Å². The first kappa shape index (κ1) is 21.7. The van der Waals surface area contributed by atoms with Crippen molar-refractivity contribution in [3.63, 3.8) is 0 Å². The zero-order valence-corrected chi connectivity index (χ0v) is 19.0. The normalized spacial score (nSPS) is 24.4. The predicted octanol–water partition coefficient (Wildman–Crippen LogP) is 4.09. The first-order valence-corrected chi connectivity index (χ1v) is 12.0. The number of carbonyl (C=O) groups excluding carboxylic acids is 1. The molecule has 32 heavy (non-hydrogen) atoms. The Labute approximate surface area is 194 Å². The SMILES string of the molecule is O=C1NCCCN1CCN1CCN([C@@H]2C[C@@H](c3ccc(F)cc3)c3cc(Cl)ccc32)CC1. The molecule has 2 aromatic rings. The van der Waals surface area contributed by atoms with Crippen LogP contribution in [0.15, 0.2) is 42.5 Å². The van der Waals surface area contributed by atoms with Crippen molar-refractivity contribution in [1.29, 1.82) is 0 Å². The number of amides is 2. The number of carbonyl (C=O) groups is 1. The second-order valence-corrected chi connectivity index (χ2v) is 9.52. The summed E-state index contributed by atoms with van der Waals surface area (Å²) in [4.78, 5) is 18.9. The number of nitrogens with zero attached hydrogens (tertiary/aromatic N) is 3. The van der Waals surface area contributed by atoms with Gasteiger partial charge in [-0.05, 0) is 53.8 Å². The minimum Gasteiger partial charge on any atom is -0.338 e. The number of rotatable bonds is 5. The maximum Gasteiger partial charge on any atom is 0.317 e. The Morgan fingerprint density at radius 2 is 1.75 bits per heavy atom. The van der Waals surface area contributed by atoms with Crippen LogP contribution in [0.25, 0.3) is 0 Å². The summed E-state index contributed by atoms with van der Waals surface area (Å²) >= 11 is 6.35. The van der Waals surface area contributed by atoms with Crippen molar-refractivity contribution in [3.05, 3.63) is 70.0 Å². The number of halogens is 2. The van der Waals surface area contributed by atoms with E-state index in [4.69, 9.17) is 11.6 Å². The van der Waals surface area contributed by atoms with Crippen molar-refractivity contribution in [2.24, 2.45) is 0 Å². The number of piperazine rings is 1. The molecule has 0 radical (unpaired) electrons. The molecule has 0 spiro atoms. The third-order valence-electron chi connectivity index (χ3n) is 7.22. The van der Waals surface area contributed by atoms with Crippen molar-refractivity contribution in [2.45, 2.75) is 24.8 Å². The Kier molecular flexibility index (Phi) is 6.35. The highest BCUT2D eigenvalue weighted by molar-refractivity contribution is 6.30. The number of nitrogens with one attached hydrogen (secondary N) is 1. The van der Waals surface area contributed by atoms with Gasteiger partial charge < -0.3 is 10.2 Å². The minimum atomic E-state index is -0.201. The highest BCUT2D eigenvalue weighted by atomic mass is 35.5. The Bertz CT molecular complexity index is 961. The average molecular weight is 457 g/mol. The molecule has 170 valence electrons. The van der Waals surface area contributed by atoms with Gasteiger partial charge in [-0.3, -0.25) is 9.80 Å². The second-order valence-electron chi connectivity index (χ2n) is 9.08. The molecule has 1 aliphatic carbocycles. The maximum absolute atomic E-state index is 13.5. The molecule has 2 saturated heterocycles. The summed E-state index contributed by atoms with van der Waals surface area (Å²) in [5, 5.41) is 3.68. The molecule has 7 heteroatoms. The van der Waals surface area contributed by atoms with E-state index < -0.39 is 0 Å². The molecule has 0 saturated carbocycles. The van der Waals surface area contributed by atoms with Crippen LogP contribution in [0.4, 0.5) is 9.18 Å². The van der Waals surface area contributed by atoms with Crippen molar-refractivity contribution >= 4 is 17.6 Å². The minimum absolute atomic E-state index is 0.0722. The monoisotopic (exact) mass is 456 g/mol. The Balaban J connectivity index is 1.24. The van der Waals surface area contributed by atoms with Gasteiger partial charge in [-0.1, -0.05) is 29.8 Å². The van der Waals surface area contributed by atoms with Gasteiger partial charge in [0.2, 0.25) is 0 Å². The molecule has 3 aliphatic rings. The molecule has 0 unspecified atom stereocenters. The molecule has 2 fully saturated rings. The number of urea groups is 1. The van der Waals surface area contributed by atoms with E-state index in [-0.39, 0.29) is 17.8 Å². The summed E-state index contributed by atoms with van der Waals surface area (Å²) in [6.07, 6.45) is 2.02. The van der Waals surface area contributed by atoms with E-state index in [0.717, 1.165) is 75.8 Å². The van der Waals surface area contributed by atoms with Gasteiger partial charge in [-0.25, -0.2) is 9.18 Å². The summed E-state index contributed by atoms with van der Waals surface area (Å²) < 4.78 is 13.5. The fraction of sp³-hybridized carbons (Fsp3) is 0.480. The number of hydrogen-bond donors (Lipinski definition) is 1. The molecule has 5 nitrogen and oxygen atoms in total. The molecule has 0 aromatic heterocycles. The van der Waals surface area contributed by atoms with E-state index in [1.54, 1.807) is 12.1 Å². The second kappa shape index (κ2) is 9.38. The molecular weight excluding hydrogens is 427 g/mol. The van der Waals surface area contributed by atoms with Crippen LogP contribution in [0.2, 0.25) is 5.02 Å². The first-order valence-electron chi connectivity index (χ1n) is 11.6. The van der Waals surface area contributed by atoms with Crippen LogP contribution in [0.5, 0.6) is 0 Å². The molecule has 1 N–H and O–H groups in total. The third-order valence-corrected chi connectivity index (χ3v) is 7.45. The Hall–Kier alpha value is -2.15. The van der Waals surface area contributed by atoms with E-state index in [0.29, 0.717) is 6.04 Å². The molecular formula is C25H30ClFN4O. The lowest BCUT2D eigenvalue weighted by Crippen LogP contribution is -2.52. The van der Waals surface area contributed by atoms with Gasteiger partial charge in [0, 0.05) is 69.3 Å². The fourth-order valence-electron chi connectivity index (χ4n) is 5.44. The van der Waals surface area contributed by atoms with E-state index in [1.807, 2.05) is 23.1 Å². The zero-order chi connectivity index (χ0) is 22.1. The van der Waals surface area contributed by atoms with Gasteiger partial charge in [0.15, 0.2) is 0 Å². The summed E-state index contributed by atoms with van der Waals surface area (Å²) in [5.74, 6) is 0.0396. The molecule has 5 rings (SSSR count). The van der Waals surface area contributed by atoms with Crippen LogP contribution in [0, 0.1) is 5.82 Å². The molecule has 2 aromatic carbocycles. The molecule has 2 atom stereocenters. The van der Waals surface area contributed by atoms with E-state index >= 15 is 0 Å². The summed E-state index contributed by atoms with van der Waals surface area (Å²) in [6.45, 7) is 7.41. The predicted molar refractivity (Wildman–Crippen MR) is 125 cm³/mol. The average Bonchev–Trinajstić information content (AvgIpc) is 3.18. The van der Waals surface area contributed by atoms with Crippen molar-refractivity contribution in [3.8, 4) is 0 Å². The van der Waals surface area contributed by atoms with Crippen LogP contribution in [0.1, 0.15) is 41.5 Å². The molecule has 0 bridgehead atoms. The van der Waals surface area contributed by atoms with Crippen LogP contribution in [-0.2, 0) is 0 Å². The first-order chi connectivity index (χ1) is 15.6. The molecule has 2 aliphatic heterocycles. The van der Waals surface area contributed by atoms with Crippen molar-refractivity contribution < 1.29 is 9.18 Å². The van der Waals surface area contributed by atoms with E-state index in [2.05, 4.69) is 27.2 Å². The van der Waals surface area contributed by atoms with Crippen LogP contribution in [0.3, 0.4) is 0 Å². The number of hydrogen-bond acceptors (Lipinski definition) is 3. The van der Waals surface area contributed by atoms with Crippen molar-refractivity contribution in [1.82, 2.24) is 20.0 Å². The van der Waals surface area contributed by atoms with Crippen molar-refractivity contribution in [2.75, 3.05) is 52.4 Å². The topological polar surface area (TPSA) is 38.8 Å². The summed E-state index contributed by atoms with van der Waals surface area (Å²) in [7, 11) is 0. The highest BCUT2D eigenvalue weighted by Crippen LogP contribution is 2.47. The Morgan fingerprint density at radius 3 is 2.50 bits per heavy atom. The quantitative estimate of drug-likeness (QED) is 0.736. The van der Waals surface area contributed by atoms with Gasteiger partial charge in [-0.2, -0.15) is 0 Å². The standard InChI is InChI=1S/C25H30ClFN4O/c26-19-4-7-21-23(16-19)22(18-2-5-20(27)6-3-18)17-24(21)30-13-10-29(11-14-30)12-15-31-9-1-8-28-25(31)32/h2-7,16,22,24H,1,8-15,17H2,(H,28,32)/t22-,24+/m0/s1. The van der Waals surface area contributed by atoms with Gasteiger partial charge in [0.05, 0.1) is 0 Å². The lowest BCUT2D eigenvalue weighted by atomic mass is 9.93. The van der Waals surface area contributed by atoms with Gasteiger partial charge >= 0.3 is 6.03 Å². The van der Waals surface area contributed by atoms with E-state index in [9.17, 15) is 9.18 Å². The zero-order valence-electron chi connectivity index (χ0n) is 18.3. The molecule has 2 amide bonds. The van der Waals surface area contributed by atoms with E-state index in [1.165, 1.54) is 11.1 Å². The van der Waals surface area contributed by atoms with Crippen LogP contribution in [-0.4, -0.2) is 73.1 Å². The van der Waals surface area contributed by atoms with Gasteiger partial charge in [0.25, 0.3) is 0 Å². The fourth-order valence-corrected chi connectivity index (χ4v) is 5.62. The maximum atomic E-state index is 13.5. The smallest absolute Gasteiger partial charge is 0.317 e.